The lowest BCUT2D eigenvalue weighted by molar-refractivity contribution is 0.0868. The first-order valence-corrected chi connectivity index (χ1v) is 14.9. The summed E-state index contributed by atoms with van der Waals surface area (Å²) >= 11 is 0. The summed E-state index contributed by atoms with van der Waals surface area (Å²) in [5.74, 6) is 1.28. The van der Waals surface area contributed by atoms with Crippen molar-refractivity contribution >= 4 is 15.9 Å². The van der Waals surface area contributed by atoms with E-state index in [2.05, 4.69) is 38.6 Å². The van der Waals surface area contributed by atoms with Crippen molar-refractivity contribution in [3.05, 3.63) is 65.8 Å². The topological polar surface area (TPSA) is 107 Å². The van der Waals surface area contributed by atoms with Crippen LogP contribution in [0.25, 0.3) is 0 Å². The molecule has 4 rings (SSSR count). The number of nitrogens with one attached hydrogen (secondary N) is 1. The normalized spacial score (nSPS) is 14.7. The Morgan fingerprint density at radius 3 is 2.39 bits per heavy atom. The van der Waals surface area contributed by atoms with Gasteiger partial charge in [0, 0.05) is 44.9 Å². The molecule has 206 valence electrons. The van der Waals surface area contributed by atoms with Crippen LogP contribution in [0.4, 0.5) is 0 Å². The summed E-state index contributed by atoms with van der Waals surface area (Å²) in [6.07, 6.45) is 10.8. The number of hydrogen-bond donors (Lipinski definition) is 1. The molecular weight excluding hydrogens is 502 g/mol. The monoisotopic (exact) mass is 541 g/mol. The largest absolute Gasteiger partial charge is 0.348 e. The molecule has 11 heteroatoms. The summed E-state index contributed by atoms with van der Waals surface area (Å²) in [5, 5.41) is 0. The van der Waals surface area contributed by atoms with Gasteiger partial charge in [-0.1, -0.05) is 19.9 Å². The van der Waals surface area contributed by atoms with Crippen molar-refractivity contribution < 1.29 is 13.2 Å². The third-order valence-corrected chi connectivity index (χ3v) is 8.68. The Hall–Kier alpha value is -3.02. The lowest BCUT2D eigenvalue weighted by atomic mass is 10.1. The average molecular weight is 542 g/mol. The molecule has 0 spiro atoms. The zero-order chi connectivity index (χ0) is 27.1. The lowest BCUT2D eigenvalue weighted by Gasteiger charge is -2.22. The van der Waals surface area contributed by atoms with Crippen molar-refractivity contribution in [3.8, 4) is 0 Å². The molecule has 1 amide bonds. The molecule has 0 atom stereocenters. The van der Waals surface area contributed by atoms with E-state index >= 15 is 0 Å². The number of benzene rings is 1. The molecule has 2 aromatic heterocycles. The quantitative estimate of drug-likeness (QED) is 0.294. The first-order chi connectivity index (χ1) is 18.3. The number of carbonyl (C=O) groups is 1. The summed E-state index contributed by atoms with van der Waals surface area (Å²) in [7, 11) is -1.92. The molecule has 3 heterocycles. The van der Waals surface area contributed by atoms with E-state index in [1.807, 2.05) is 23.9 Å². The maximum absolute atomic E-state index is 13.4. The summed E-state index contributed by atoms with van der Waals surface area (Å²) in [6, 6.07) is 5.15. The predicted molar refractivity (Wildman–Crippen MR) is 146 cm³/mol. The summed E-state index contributed by atoms with van der Waals surface area (Å²) in [6.45, 7) is 9.13. The maximum Gasteiger partial charge on any atom is 0.269 e. The van der Waals surface area contributed by atoms with Crippen LogP contribution in [-0.4, -0.2) is 74.1 Å². The highest BCUT2D eigenvalue weighted by Crippen LogP contribution is 2.32. The second-order valence-corrected chi connectivity index (χ2v) is 11.7. The van der Waals surface area contributed by atoms with Crippen molar-refractivity contribution in [2.75, 3.05) is 26.2 Å². The summed E-state index contributed by atoms with van der Waals surface area (Å²) in [4.78, 5) is 29.6. The Balaban J connectivity index is 1.45. The van der Waals surface area contributed by atoms with Crippen LogP contribution in [0.1, 0.15) is 67.1 Å². The Kier molecular flexibility index (Phi) is 9.35. The first kappa shape index (κ1) is 28.0. The molecule has 1 aliphatic rings. The van der Waals surface area contributed by atoms with E-state index in [1.54, 1.807) is 30.7 Å². The highest BCUT2D eigenvalue weighted by Gasteiger charge is 2.40. The zero-order valence-corrected chi connectivity index (χ0v) is 23.5. The van der Waals surface area contributed by atoms with Gasteiger partial charge < -0.3 is 14.5 Å². The summed E-state index contributed by atoms with van der Waals surface area (Å²) < 4.78 is 29.8. The van der Waals surface area contributed by atoms with E-state index in [9.17, 15) is 13.2 Å². The van der Waals surface area contributed by atoms with Crippen LogP contribution in [0.2, 0.25) is 0 Å². The third-order valence-electron chi connectivity index (χ3n) is 6.86. The number of amides is 1. The van der Waals surface area contributed by atoms with Crippen molar-refractivity contribution in [2.45, 2.75) is 64.1 Å². The molecule has 1 N–H and O–H groups in total. The highest BCUT2D eigenvalue weighted by atomic mass is 32.2. The second-order valence-electron chi connectivity index (χ2n) is 9.90. The fraction of sp³-hybridized carbons (Fsp3) is 0.519. The molecule has 0 saturated heterocycles. The SMILES string of the molecule is CCCN(CCC)CCCCN1C(=O)c2ccc(CN(Cc3ncc[nH]3)Cc3nccn3C)cc2S1(=O)=O. The lowest BCUT2D eigenvalue weighted by Crippen LogP contribution is -2.32. The number of carbonyl (C=O) groups excluding carboxylic acids is 1. The van der Waals surface area contributed by atoms with E-state index in [1.165, 1.54) is 0 Å². The van der Waals surface area contributed by atoms with Crippen molar-refractivity contribution in [1.82, 2.24) is 33.6 Å². The number of aromatic nitrogens is 4. The van der Waals surface area contributed by atoms with Crippen LogP contribution in [-0.2, 0) is 36.7 Å². The average Bonchev–Trinajstić information content (AvgIpc) is 3.59. The molecule has 1 aromatic carbocycles. The van der Waals surface area contributed by atoms with E-state index in [4.69, 9.17) is 0 Å². The molecule has 1 aliphatic heterocycles. The molecule has 0 radical (unpaired) electrons. The van der Waals surface area contributed by atoms with Gasteiger partial charge in [-0.05, 0) is 63.0 Å². The molecule has 0 aliphatic carbocycles. The number of aromatic amines is 1. The smallest absolute Gasteiger partial charge is 0.269 e. The number of imidazole rings is 2. The maximum atomic E-state index is 13.4. The van der Waals surface area contributed by atoms with Crippen LogP contribution < -0.4 is 0 Å². The number of unbranched alkanes of at least 4 members (excludes halogenated alkanes) is 1. The minimum atomic E-state index is -3.86. The molecule has 10 nitrogen and oxygen atoms in total. The Bertz CT molecular complexity index is 1300. The van der Waals surface area contributed by atoms with Gasteiger partial charge in [-0.2, -0.15) is 0 Å². The fourth-order valence-electron chi connectivity index (χ4n) is 4.97. The van der Waals surface area contributed by atoms with E-state index in [-0.39, 0.29) is 17.0 Å². The standard InChI is InChI=1S/C27H39N7O3S/c1-4-13-32(14-5-2)15-6-7-16-34-27(35)23-9-8-22(18-24(23)38(34,36)37)19-33(20-25-28-10-11-29-25)21-26-30-12-17-31(26)3/h8-12,17-18H,4-7,13-16,19-21H2,1-3H3,(H,28,29). The molecule has 0 fully saturated rings. The minimum absolute atomic E-state index is 0.105. The molecule has 3 aromatic rings. The third kappa shape index (κ3) is 6.51. The van der Waals surface area contributed by atoms with Crippen LogP contribution in [0.5, 0.6) is 0 Å². The number of aryl methyl sites for hydroxylation is 1. The van der Waals surface area contributed by atoms with E-state index in [0.717, 1.165) is 60.4 Å². The van der Waals surface area contributed by atoms with Gasteiger partial charge in [-0.3, -0.25) is 9.69 Å². The van der Waals surface area contributed by atoms with Gasteiger partial charge >= 0.3 is 0 Å². The fourth-order valence-corrected chi connectivity index (χ4v) is 6.63. The van der Waals surface area contributed by atoms with Gasteiger partial charge in [0.2, 0.25) is 0 Å². The molecule has 0 saturated carbocycles. The van der Waals surface area contributed by atoms with Crippen LogP contribution in [0.15, 0.2) is 47.9 Å². The minimum Gasteiger partial charge on any atom is -0.348 e. The van der Waals surface area contributed by atoms with Crippen LogP contribution >= 0.6 is 0 Å². The molecule has 0 bridgehead atoms. The van der Waals surface area contributed by atoms with E-state index in [0.29, 0.717) is 26.1 Å². The number of H-pyrrole nitrogens is 1. The predicted octanol–water partition coefficient (Wildman–Crippen LogP) is 3.39. The molecule has 0 unspecified atom stereocenters. The number of fused-ring (bicyclic) bond motifs is 1. The summed E-state index contributed by atoms with van der Waals surface area (Å²) in [5.41, 5.74) is 1.08. The van der Waals surface area contributed by atoms with Crippen LogP contribution in [0.3, 0.4) is 0 Å². The van der Waals surface area contributed by atoms with Crippen molar-refractivity contribution in [2.24, 2.45) is 7.05 Å². The zero-order valence-electron chi connectivity index (χ0n) is 22.6. The van der Waals surface area contributed by atoms with Crippen molar-refractivity contribution in [3.63, 3.8) is 0 Å². The highest BCUT2D eigenvalue weighted by molar-refractivity contribution is 7.90. The Labute approximate surface area is 225 Å². The van der Waals surface area contributed by atoms with Crippen molar-refractivity contribution in [1.29, 1.82) is 0 Å². The number of rotatable bonds is 15. The number of nitrogens with zero attached hydrogens (tertiary/aromatic N) is 6. The number of hydrogen-bond acceptors (Lipinski definition) is 7. The van der Waals surface area contributed by atoms with Crippen LogP contribution in [0, 0.1) is 0 Å². The van der Waals surface area contributed by atoms with Gasteiger partial charge in [0.05, 0.1) is 18.7 Å². The van der Waals surface area contributed by atoms with Gasteiger partial charge in [0.1, 0.15) is 16.5 Å². The Morgan fingerprint density at radius 1 is 0.947 bits per heavy atom. The van der Waals surface area contributed by atoms with Gasteiger partial charge in [0.15, 0.2) is 0 Å². The molecule has 38 heavy (non-hydrogen) atoms. The first-order valence-electron chi connectivity index (χ1n) is 13.4. The Morgan fingerprint density at radius 2 is 1.74 bits per heavy atom. The number of sulfonamides is 1. The van der Waals surface area contributed by atoms with Gasteiger partial charge in [-0.25, -0.2) is 22.7 Å². The van der Waals surface area contributed by atoms with E-state index < -0.39 is 15.9 Å². The molecular formula is C27H39N7O3S. The van der Waals surface area contributed by atoms with Gasteiger partial charge in [0.25, 0.3) is 15.9 Å². The second kappa shape index (κ2) is 12.7. The van der Waals surface area contributed by atoms with Gasteiger partial charge in [-0.15, -0.1) is 0 Å².